The molecule has 0 aliphatic rings. The molecule has 6 aromatic rings. The highest BCUT2D eigenvalue weighted by molar-refractivity contribution is 6.03. The number of aromatic nitrogens is 6. The Kier molecular flexibility index (Phi) is 12.6. The first-order valence-electron chi connectivity index (χ1n) is 14.8. The zero-order valence-corrected chi connectivity index (χ0v) is 26.6. The van der Waals surface area contributed by atoms with Crippen molar-refractivity contribution in [1.29, 1.82) is 0 Å². The van der Waals surface area contributed by atoms with Gasteiger partial charge < -0.3 is 16.2 Å². The number of hydrogen-bond donors (Lipinski definition) is 3. The number of nitrogens with one attached hydrogen (secondary N) is 1. The van der Waals surface area contributed by atoms with Gasteiger partial charge >= 0.3 is 5.97 Å². The Hall–Kier alpha value is -6.50. The minimum absolute atomic E-state index is 0.116. The van der Waals surface area contributed by atoms with Crippen LogP contribution in [0.4, 0.5) is 20.4 Å². The van der Waals surface area contributed by atoms with Crippen LogP contribution in [0.5, 0.6) is 0 Å². The molecule has 0 fully saturated rings. The van der Waals surface area contributed by atoms with Gasteiger partial charge in [0.2, 0.25) is 0 Å². The highest BCUT2D eigenvalue weighted by Crippen LogP contribution is 2.13. The molecule has 4 heterocycles. The lowest BCUT2D eigenvalue weighted by molar-refractivity contribution is 0.0695. The maximum absolute atomic E-state index is 13.2. The van der Waals surface area contributed by atoms with Crippen molar-refractivity contribution in [3.8, 4) is 0 Å². The Bertz CT molecular complexity index is 1980. The van der Waals surface area contributed by atoms with Crippen LogP contribution in [0.1, 0.15) is 54.6 Å². The van der Waals surface area contributed by atoms with Gasteiger partial charge in [-0.3, -0.25) is 4.79 Å². The number of hydrogen-bond acceptors (Lipinski definition) is 9. The van der Waals surface area contributed by atoms with Crippen molar-refractivity contribution in [3.05, 3.63) is 167 Å². The van der Waals surface area contributed by atoms with Crippen molar-refractivity contribution < 1.29 is 23.5 Å². The topological polar surface area (TPSA) is 170 Å². The van der Waals surface area contributed by atoms with E-state index in [1.807, 2.05) is 24.3 Å². The number of nitrogens with two attached hydrogens (primary N) is 1. The standard InChI is InChI=1S/C18H15FN4O.C12H11FN2.C6H6N2O2/c1-12-20-10-15(11-21-12)18(24)23-17-6-5-14(9-22-17)7-13-3-2-4-16(19)8-13;13-11-3-1-2-9(7-11)6-10-4-5-12(14)15-8-10;1-4-7-2-5(3-8-4)6(9)10/h2-6,8-11H,7H2,1H3,(H,22,23,24);1-5,7-8H,6H2,(H2,14,15);2-3H,1H3,(H,9,10). The van der Waals surface area contributed by atoms with E-state index in [0.29, 0.717) is 41.7 Å². The van der Waals surface area contributed by atoms with Crippen molar-refractivity contribution in [2.45, 2.75) is 26.7 Å². The number of benzene rings is 2. The number of nitrogens with zero attached hydrogens (tertiary/aromatic N) is 6. The molecule has 0 saturated carbocycles. The zero-order valence-electron chi connectivity index (χ0n) is 26.6. The second-order valence-electron chi connectivity index (χ2n) is 10.6. The third-order valence-electron chi connectivity index (χ3n) is 6.58. The predicted molar refractivity (Wildman–Crippen MR) is 180 cm³/mol. The molecule has 2 aromatic carbocycles. The van der Waals surface area contributed by atoms with E-state index in [1.165, 1.54) is 49.1 Å². The van der Waals surface area contributed by atoms with Gasteiger partial charge in [0.15, 0.2) is 0 Å². The first-order valence-corrected chi connectivity index (χ1v) is 14.8. The van der Waals surface area contributed by atoms with E-state index >= 15 is 0 Å². The van der Waals surface area contributed by atoms with E-state index in [9.17, 15) is 18.4 Å². The number of anilines is 2. The van der Waals surface area contributed by atoms with E-state index in [4.69, 9.17) is 10.8 Å². The van der Waals surface area contributed by atoms with E-state index in [2.05, 4.69) is 35.2 Å². The molecule has 0 unspecified atom stereocenters. The molecule has 13 heteroatoms. The van der Waals surface area contributed by atoms with Crippen molar-refractivity contribution in [2.75, 3.05) is 11.1 Å². The summed E-state index contributed by atoms with van der Waals surface area (Å²) in [4.78, 5) is 45.9. The summed E-state index contributed by atoms with van der Waals surface area (Å²) in [5.41, 5.74) is 9.71. The Morgan fingerprint density at radius 1 is 0.633 bits per heavy atom. The predicted octanol–water partition coefficient (Wildman–Crippen LogP) is 6.04. The number of carbonyl (C=O) groups is 2. The molecule has 49 heavy (non-hydrogen) atoms. The number of carbonyl (C=O) groups excluding carboxylic acids is 1. The molecular formula is C36H32F2N8O3. The SMILES string of the molecule is Cc1ncc(C(=O)Nc2ccc(Cc3cccc(F)c3)cn2)cn1.Cc1ncc(C(=O)O)cn1.Nc1ccc(Cc2cccc(F)c2)cn1. The van der Waals surface area contributed by atoms with Crippen LogP contribution in [-0.4, -0.2) is 46.9 Å². The molecule has 0 radical (unpaired) electrons. The fraction of sp³-hybridized carbons (Fsp3) is 0.111. The summed E-state index contributed by atoms with van der Waals surface area (Å²) in [6.07, 6.45) is 10.1. The van der Waals surface area contributed by atoms with Crippen LogP contribution >= 0.6 is 0 Å². The quantitative estimate of drug-likeness (QED) is 0.183. The molecule has 248 valence electrons. The fourth-order valence-corrected chi connectivity index (χ4v) is 4.11. The summed E-state index contributed by atoms with van der Waals surface area (Å²) in [7, 11) is 0. The molecule has 0 spiro atoms. The number of pyridine rings is 2. The normalized spacial score (nSPS) is 10.1. The Morgan fingerprint density at radius 2 is 1.12 bits per heavy atom. The number of halogens is 2. The highest BCUT2D eigenvalue weighted by Gasteiger charge is 2.08. The molecule has 4 N–H and O–H groups in total. The van der Waals surface area contributed by atoms with Gasteiger partial charge in [0, 0.05) is 37.2 Å². The Morgan fingerprint density at radius 3 is 1.55 bits per heavy atom. The summed E-state index contributed by atoms with van der Waals surface area (Å²) < 4.78 is 26.1. The second-order valence-corrected chi connectivity index (χ2v) is 10.6. The van der Waals surface area contributed by atoms with Crippen molar-refractivity contribution in [1.82, 2.24) is 29.9 Å². The van der Waals surface area contributed by atoms with Crippen molar-refractivity contribution in [2.24, 2.45) is 0 Å². The fourth-order valence-electron chi connectivity index (χ4n) is 4.11. The van der Waals surface area contributed by atoms with Crippen molar-refractivity contribution in [3.63, 3.8) is 0 Å². The van der Waals surface area contributed by atoms with Crippen molar-refractivity contribution >= 4 is 23.5 Å². The minimum atomic E-state index is -1.000. The summed E-state index contributed by atoms with van der Waals surface area (Å²) >= 11 is 0. The van der Waals surface area contributed by atoms with Gasteiger partial charge in [-0.2, -0.15) is 0 Å². The molecule has 0 bridgehead atoms. The minimum Gasteiger partial charge on any atom is -0.478 e. The van der Waals surface area contributed by atoms with Gasteiger partial charge in [-0.15, -0.1) is 0 Å². The van der Waals surface area contributed by atoms with Gasteiger partial charge in [-0.05, 0) is 85.3 Å². The van der Waals surface area contributed by atoms with Crippen LogP contribution in [0, 0.1) is 25.5 Å². The van der Waals surface area contributed by atoms with Crippen LogP contribution in [-0.2, 0) is 12.8 Å². The van der Waals surface area contributed by atoms with Crippen LogP contribution in [0.15, 0.2) is 110 Å². The van der Waals surface area contributed by atoms with E-state index < -0.39 is 5.97 Å². The molecule has 1 amide bonds. The number of amides is 1. The van der Waals surface area contributed by atoms with Gasteiger partial charge in [0.25, 0.3) is 5.91 Å². The first-order chi connectivity index (χ1) is 23.5. The number of rotatable bonds is 7. The average molecular weight is 663 g/mol. The number of carboxylic acid groups (broad SMARTS) is 1. The van der Waals surface area contributed by atoms with E-state index in [0.717, 1.165) is 22.3 Å². The average Bonchev–Trinajstić information content (AvgIpc) is 3.08. The monoisotopic (exact) mass is 662 g/mol. The highest BCUT2D eigenvalue weighted by atomic mass is 19.1. The summed E-state index contributed by atoms with van der Waals surface area (Å²) in [5, 5.41) is 11.1. The van der Waals surface area contributed by atoms with Gasteiger partial charge in [-0.1, -0.05) is 36.4 Å². The third kappa shape index (κ3) is 12.0. The molecule has 0 atom stereocenters. The molecule has 11 nitrogen and oxygen atoms in total. The number of nitrogen functional groups attached to an aromatic ring is 1. The van der Waals surface area contributed by atoms with E-state index in [1.54, 1.807) is 50.5 Å². The molecule has 0 saturated heterocycles. The molecule has 0 aliphatic heterocycles. The lowest BCUT2D eigenvalue weighted by atomic mass is 10.1. The van der Waals surface area contributed by atoms with Gasteiger partial charge in [0.05, 0.1) is 11.1 Å². The number of aromatic carboxylic acids is 1. The Labute approximate surface area is 281 Å². The van der Waals surface area contributed by atoms with Crippen LogP contribution < -0.4 is 11.1 Å². The largest absolute Gasteiger partial charge is 0.478 e. The van der Waals surface area contributed by atoms with Crippen LogP contribution in [0.2, 0.25) is 0 Å². The smallest absolute Gasteiger partial charge is 0.338 e. The zero-order chi connectivity index (χ0) is 35.2. The third-order valence-corrected chi connectivity index (χ3v) is 6.58. The maximum Gasteiger partial charge on any atom is 0.338 e. The van der Waals surface area contributed by atoms with Crippen LogP contribution in [0.3, 0.4) is 0 Å². The number of aryl methyl sites for hydroxylation is 2. The molecule has 6 rings (SSSR count). The van der Waals surface area contributed by atoms with Gasteiger partial charge in [0.1, 0.15) is 34.9 Å². The molecule has 0 aliphatic carbocycles. The molecule has 4 aromatic heterocycles. The number of carboxylic acids is 1. The lowest BCUT2D eigenvalue weighted by Crippen LogP contribution is -2.13. The van der Waals surface area contributed by atoms with Crippen LogP contribution in [0.25, 0.3) is 0 Å². The van der Waals surface area contributed by atoms with E-state index in [-0.39, 0.29) is 23.1 Å². The van der Waals surface area contributed by atoms with Gasteiger partial charge in [-0.25, -0.2) is 43.5 Å². The Balaban J connectivity index is 0.000000184. The molecular weight excluding hydrogens is 630 g/mol. The second kappa shape index (κ2) is 17.4. The lowest BCUT2D eigenvalue weighted by Gasteiger charge is -2.06. The summed E-state index contributed by atoms with van der Waals surface area (Å²) in [5.74, 6) is 0.318. The summed E-state index contributed by atoms with van der Waals surface area (Å²) in [6.45, 7) is 3.45. The summed E-state index contributed by atoms with van der Waals surface area (Å²) in [6, 6.07) is 20.2. The first kappa shape index (κ1) is 35.4. The maximum atomic E-state index is 13.2.